The number of nitriles is 1. The molecule has 1 heterocycles. The van der Waals surface area contributed by atoms with Crippen LogP contribution in [-0.4, -0.2) is 10.9 Å². The summed E-state index contributed by atoms with van der Waals surface area (Å²) in [6.45, 7) is 0. The Morgan fingerprint density at radius 3 is 2.63 bits per heavy atom. The standard InChI is InChI=1S/C21H14N4OS/c22-13-14-6-4-7-15(12-14)20(26)24-17-10-5-11-18-19(17)25-21(27-18)23-16-8-2-1-3-9-16/h1-12H,(H,23,25)(H,24,26). The van der Waals surface area contributed by atoms with Crippen molar-refractivity contribution in [3.63, 3.8) is 0 Å². The fourth-order valence-electron chi connectivity index (χ4n) is 2.67. The van der Waals surface area contributed by atoms with Crippen molar-refractivity contribution in [2.75, 3.05) is 10.6 Å². The molecule has 1 aromatic heterocycles. The molecule has 27 heavy (non-hydrogen) atoms. The smallest absolute Gasteiger partial charge is 0.255 e. The zero-order valence-electron chi connectivity index (χ0n) is 14.1. The third-order valence-electron chi connectivity index (χ3n) is 3.95. The summed E-state index contributed by atoms with van der Waals surface area (Å²) in [6, 6.07) is 24.1. The van der Waals surface area contributed by atoms with E-state index in [9.17, 15) is 4.79 Å². The van der Waals surface area contributed by atoms with Gasteiger partial charge in [0, 0.05) is 11.3 Å². The van der Waals surface area contributed by atoms with Crippen LogP contribution >= 0.6 is 11.3 Å². The molecule has 0 fully saturated rings. The van der Waals surface area contributed by atoms with Gasteiger partial charge in [-0.05, 0) is 42.5 Å². The second-order valence-corrected chi connectivity index (χ2v) is 6.84. The van der Waals surface area contributed by atoms with Crippen LogP contribution in [0.5, 0.6) is 0 Å². The predicted octanol–water partition coefficient (Wildman–Crippen LogP) is 5.16. The minimum atomic E-state index is -0.273. The van der Waals surface area contributed by atoms with E-state index >= 15 is 0 Å². The summed E-state index contributed by atoms with van der Waals surface area (Å²) in [6.07, 6.45) is 0. The number of anilines is 3. The van der Waals surface area contributed by atoms with Gasteiger partial charge in [-0.3, -0.25) is 4.79 Å². The van der Waals surface area contributed by atoms with Crippen molar-refractivity contribution >= 4 is 44.0 Å². The molecule has 0 unspecified atom stereocenters. The van der Waals surface area contributed by atoms with Crippen molar-refractivity contribution in [2.24, 2.45) is 0 Å². The lowest BCUT2D eigenvalue weighted by Gasteiger charge is -2.06. The van der Waals surface area contributed by atoms with Crippen LogP contribution in [0.25, 0.3) is 10.2 Å². The molecule has 0 bridgehead atoms. The van der Waals surface area contributed by atoms with Gasteiger partial charge < -0.3 is 10.6 Å². The SMILES string of the molecule is N#Cc1cccc(C(=O)Nc2cccc3sc(Nc4ccccc4)nc23)c1. The number of nitrogens with zero attached hydrogens (tertiary/aromatic N) is 2. The van der Waals surface area contributed by atoms with Gasteiger partial charge >= 0.3 is 0 Å². The highest BCUT2D eigenvalue weighted by Crippen LogP contribution is 2.32. The molecule has 0 spiro atoms. The summed E-state index contributed by atoms with van der Waals surface area (Å²) in [4.78, 5) is 17.2. The normalized spacial score (nSPS) is 10.3. The molecular weight excluding hydrogens is 356 g/mol. The van der Waals surface area contributed by atoms with Crippen LogP contribution in [0.1, 0.15) is 15.9 Å². The number of carbonyl (C=O) groups is 1. The van der Waals surface area contributed by atoms with E-state index < -0.39 is 0 Å². The molecule has 2 N–H and O–H groups in total. The topological polar surface area (TPSA) is 77.8 Å². The van der Waals surface area contributed by atoms with Crippen molar-refractivity contribution in [3.8, 4) is 6.07 Å². The third kappa shape index (κ3) is 3.64. The fraction of sp³-hybridized carbons (Fsp3) is 0. The Hall–Kier alpha value is -3.69. The maximum absolute atomic E-state index is 12.6. The molecule has 0 aliphatic rings. The average molecular weight is 370 g/mol. The number of carbonyl (C=O) groups excluding carboxylic acids is 1. The molecule has 0 aliphatic carbocycles. The molecule has 0 aliphatic heterocycles. The van der Waals surface area contributed by atoms with Crippen molar-refractivity contribution < 1.29 is 4.79 Å². The summed E-state index contributed by atoms with van der Waals surface area (Å²) < 4.78 is 0.969. The maximum atomic E-state index is 12.6. The molecular formula is C21H14N4OS. The van der Waals surface area contributed by atoms with Gasteiger partial charge in [0.15, 0.2) is 5.13 Å². The first kappa shape index (κ1) is 16.8. The molecule has 1 amide bonds. The van der Waals surface area contributed by atoms with Crippen LogP contribution in [0, 0.1) is 11.3 Å². The molecule has 130 valence electrons. The molecule has 5 nitrogen and oxygen atoms in total. The number of hydrogen-bond donors (Lipinski definition) is 2. The second kappa shape index (κ2) is 7.28. The van der Waals surface area contributed by atoms with Gasteiger partial charge in [0.05, 0.1) is 22.0 Å². The number of hydrogen-bond acceptors (Lipinski definition) is 5. The van der Waals surface area contributed by atoms with E-state index in [0.29, 0.717) is 16.8 Å². The first-order valence-electron chi connectivity index (χ1n) is 8.26. The van der Waals surface area contributed by atoms with Gasteiger partial charge in [-0.1, -0.05) is 41.7 Å². The van der Waals surface area contributed by atoms with Gasteiger partial charge in [0.1, 0.15) is 5.52 Å². The number of nitrogens with one attached hydrogen (secondary N) is 2. The summed E-state index contributed by atoms with van der Waals surface area (Å²) in [5.41, 5.74) is 3.20. The monoisotopic (exact) mass is 370 g/mol. The number of fused-ring (bicyclic) bond motifs is 1. The zero-order valence-corrected chi connectivity index (χ0v) is 15.0. The van der Waals surface area contributed by atoms with Crippen molar-refractivity contribution in [3.05, 3.63) is 83.9 Å². The summed E-state index contributed by atoms with van der Waals surface area (Å²) in [7, 11) is 0. The van der Waals surface area contributed by atoms with E-state index in [2.05, 4.69) is 15.6 Å². The Balaban J connectivity index is 1.62. The number of rotatable bonds is 4. The molecule has 0 radical (unpaired) electrons. The third-order valence-corrected chi connectivity index (χ3v) is 4.88. The van der Waals surface area contributed by atoms with E-state index in [1.54, 1.807) is 24.3 Å². The lowest BCUT2D eigenvalue weighted by atomic mass is 10.1. The molecule has 4 rings (SSSR count). The Morgan fingerprint density at radius 1 is 1.00 bits per heavy atom. The van der Waals surface area contributed by atoms with Gasteiger partial charge in [-0.15, -0.1) is 0 Å². The van der Waals surface area contributed by atoms with E-state index in [4.69, 9.17) is 5.26 Å². The lowest BCUT2D eigenvalue weighted by molar-refractivity contribution is 0.102. The van der Waals surface area contributed by atoms with Crippen molar-refractivity contribution in [2.45, 2.75) is 0 Å². The quantitative estimate of drug-likeness (QED) is 0.520. The maximum Gasteiger partial charge on any atom is 0.255 e. The minimum absolute atomic E-state index is 0.273. The van der Waals surface area contributed by atoms with Crippen LogP contribution < -0.4 is 10.6 Å². The van der Waals surface area contributed by atoms with Crippen LogP contribution in [0.15, 0.2) is 72.8 Å². The van der Waals surface area contributed by atoms with Crippen LogP contribution in [0.3, 0.4) is 0 Å². The van der Waals surface area contributed by atoms with Crippen molar-refractivity contribution in [1.29, 1.82) is 5.26 Å². The Morgan fingerprint density at radius 2 is 1.81 bits per heavy atom. The van der Waals surface area contributed by atoms with Gasteiger partial charge in [0.2, 0.25) is 0 Å². The van der Waals surface area contributed by atoms with Gasteiger partial charge in [-0.25, -0.2) is 4.98 Å². The Kier molecular flexibility index (Phi) is 4.52. The summed E-state index contributed by atoms with van der Waals surface area (Å²) in [5.74, 6) is -0.273. The summed E-state index contributed by atoms with van der Waals surface area (Å²) >= 11 is 1.52. The second-order valence-electron chi connectivity index (χ2n) is 5.81. The van der Waals surface area contributed by atoms with Gasteiger partial charge in [0.25, 0.3) is 5.91 Å². The van der Waals surface area contributed by atoms with E-state index in [1.807, 2.05) is 54.6 Å². The van der Waals surface area contributed by atoms with Crippen LogP contribution in [0.2, 0.25) is 0 Å². The molecule has 0 atom stereocenters. The van der Waals surface area contributed by atoms with E-state index in [1.165, 1.54) is 11.3 Å². The Bertz CT molecular complexity index is 1160. The highest BCUT2D eigenvalue weighted by atomic mass is 32.1. The predicted molar refractivity (Wildman–Crippen MR) is 108 cm³/mol. The largest absolute Gasteiger partial charge is 0.332 e. The molecule has 0 saturated carbocycles. The van der Waals surface area contributed by atoms with E-state index in [0.717, 1.165) is 21.0 Å². The highest BCUT2D eigenvalue weighted by molar-refractivity contribution is 7.22. The number of para-hydroxylation sites is 2. The minimum Gasteiger partial charge on any atom is -0.332 e. The van der Waals surface area contributed by atoms with Crippen LogP contribution in [-0.2, 0) is 0 Å². The average Bonchev–Trinajstić information content (AvgIpc) is 3.12. The molecule has 4 aromatic rings. The van der Waals surface area contributed by atoms with Crippen molar-refractivity contribution in [1.82, 2.24) is 4.98 Å². The first-order chi connectivity index (χ1) is 13.2. The molecule has 0 saturated heterocycles. The number of benzene rings is 3. The van der Waals surface area contributed by atoms with Gasteiger partial charge in [-0.2, -0.15) is 5.26 Å². The summed E-state index contributed by atoms with van der Waals surface area (Å²) in [5, 5.41) is 15.9. The first-order valence-corrected chi connectivity index (χ1v) is 9.08. The van der Waals surface area contributed by atoms with Crippen LogP contribution in [0.4, 0.5) is 16.5 Å². The zero-order chi connectivity index (χ0) is 18.6. The molecule has 3 aromatic carbocycles. The lowest BCUT2D eigenvalue weighted by Crippen LogP contribution is -2.12. The highest BCUT2D eigenvalue weighted by Gasteiger charge is 2.12. The molecule has 6 heteroatoms. The number of aromatic nitrogens is 1. The fourth-order valence-corrected chi connectivity index (χ4v) is 3.59. The van der Waals surface area contributed by atoms with E-state index in [-0.39, 0.29) is 5.91 Å². The number of thiazole rings is 1. The number of amides is 1. The Labute approximate surface area is 159 Å².